The molecule has 18 heavy (non-hydrogen) atoms. The Morgan fingerprint density at radius 3 is 2.72 bits per heavy atom. The number of ether oxygens (including phenoxy) is 1. The molecule has 0 atom stereocenters. The Bertz CT molecular complexity index is 578. The number of nitrogens with zero attached hydrogens (tertiary/aromatic N) is 2. The summed E-state index contributed by atoms with van der Waals surface area (Å²) in [6.45, 7) is 0.348. The van der Waals surface area contributed by atoms with Gasteiger partial charge in [-0.2, -0.15) is 5.26 Å². The first kappa shape index (κ1) is 12.6. The van der Waals surface area contributed by atoms with E-state index < -0.39 is 0 Å². The predicted octanol–water partition coefficient (Wildman–Crippen LogP) is 3.43. The minimum atomic E-state index is 0.348. The highest BCUT2D eigenvalue weighted by atomic mass is 79.9. The molecule has 0 fully saturated rings. The second-order valence-electron chi connectivity index (χ2n) is 3.65. The van der Waals surface area contributed by atoms with Crippen LogP contribution in [0.25, 0.3) is 0 Å². The number of rotatable bonds is 4. The standard InChI is InChI=1S/C14H11BrN2O/c15-8-11-4-1-2-6-14(11)18-10-12-5-3-7-17-13(12)9-16/h1-7H,8,10H2. The predicted molar refractivity (Wildman–Crippen MR) is 72.4 cm³/mol. The maximum atomic E-state index is 8.94. The zero-order valence-electron chi connectivity index (χ0n) is 9.64. The van der Waals surface area contributed by atoms with Crippen LogP contribution >= 0.6 is 15.9 Å². The number of halogens is 1. The molecule has 2 rings (SSSR count). The molecule has 0 radical (unpaired) electrons. The van der Waals surface area contributed by atoms with Crippen molar-refractivity contribution in [3.05, 3.63) is 59.4 Å². The van der Waals surface area contributed by atoms with E-state index in [1.807, 2.05) is 30.3 Å². The van der Waals surface area contributed by atoms with E-state index in [1.165, 1.54) is 0 Å². The smallest absolute Gasteiger partial charge is 0.147 e. The Morgan fingerprint density at radius 2 is 1.94 bits per heavy atom. The third kappa shape index (κ3) is 2.88. The van der Waals surface area contributed by atoms with Crippen LogP contribution in [0.4, 0.5) is 0 Å². The lowest BCUT2D eigenvalue weighted by Crippen LogP contribution is -2.01. The van der Waals surface area contributed by atoms with Crippen molar-refractivity contribution >= 4 is 15.9 Å². The van der Waals surface area contributed by atoms with Crippen molar-refractivity contribution in [2.45, 2.75) is 11.9 Å². The number of para-hydroxylation sites is 1. The summed E-state index contributed by atoms with van der Waals surface area (Å²) >= 11 is 3.42. The van der Waals surface area contributed by atoms with Gasteiger partial charge in [-0.25, -0.2) is 4.98 Å². The van der Waals surface area contributed by atoms with Crippen molar-refractivity contribution in [1.29, 1.82) is 5.26 Å². The highest BCUT2D eigenvalue weighted by molar-refractivity contribution is 9.08. The number of hydrogen-bond acceptors (Lipinski definition) is 3. The van der Waals surface area contributed by atoms with Crippen LogP contribution in [-0.2, 0) is 11.9 Å². The van der Waals surface area contributed by atoms with Crippen molar-refractivity contribution in [3.8, 4) is 11.8 Å². The summed E-state index contributed by atoms with van der Waals surface area (Å²) in [5.74, 6) is 0.821. The Morgan fingerprint density at radius 1 is 1.17 bits per heavy atom. The van der Waals surface area contributed by atoms with Crippen LogP contribution in [0, 0.1) is 11.3 Å². The summed E-state index contributed by atoms with van der Waals surface area (Å²) in [7, 11) is 0. The van der Waals surface area contributed by atoms with Gasteiger partial charge in [-0.15, -0.1) is 0 Å². The summed E-state index contributed by atoms with van der Waals surface area (Å²) in [4.78, 5) is 4.00. The van der Waals surface area contributed by atoms with Crippen molar-refractivity contribution in [3.63, 3.8) is 0 Å². The van der Waals surface area contributed by atoms with Gasteiger partial charge in [0.15, 0.2) is 0 Å². The number of alkyl halides is 1. The maximum absolute atomic E-state index is 8.94. The fraction of sp³-hybridized carbons (Fsp3) is 0.143. The van der Waals surface area contributed by atoms with Gasteiger partial charge in [-0.1, -0.05) is 40.2 Å². The molecule has 0 aliphatic carbocycles. The van der Waals surface area contributed by atoms with E-state index in [1.54, 1.807) is 12.3 Å². The van der Waals surface area contributed by atoms with Crippen molar-refractivity contribution in [1.82, 2.24) is 4.98 Å². The van der Waals surface area contributed by atoms with Gasteiger partial charge in [0.25, 0.3) is 0 Å². The van der Waals surface area contributed by atoms with Crippen LogP contribution in [0.15, 0.2) is 42.6 Å². The zero-order valence-corrected chi connectivity index (χ0v) is 11.2. The fourth-order valence-electron chi connectivity index (χ4n) is 1.57. The first-order chi connectivity index (χ1) is 8.85. The molecule has 0 aliphatic heterocycles. The molecule has 3 nitrogen and oxygen atoms in total. The Hall–Kier alpha value is -1.86. The normalized spacial score (nSPS) is 9.78. The van der Waals surface area contributed by atoms with Gasteiger partial charge >= 0.3 is 0 Å². The molecular weight excluding hydrogens is 292 g/mol. The molecule has 1 aromatic carbocycles. The molecule has 0 bridgehead atoms. The van der Waals surface area contributed by atoms with Crippen LogP contribution in [0.1, 0.15) is 16.8 Å². The van der Waals surface area contributed by atoms with Crippen LogP contribution < -0.4 is 4.74 Å². The van der Waals surface area contributed by atoms with Crippen LogP contribution in [0.3, 0.4) is 0 Å². The van der Waals surface area contributed by atoms with E-state index in [0.717, 1.165) is 22.2 Å². The van der Waals surface area contributed by atoms with E-state index in [-0.39, 0.29) is 0 Å². The number of pyridine rings is 1. The van der Waals surface area contributed by atoms with E-state index >= 15 is 0 Å². The zero-order chi connectivity index (χ0) is 12.8. The third-order valence-electron chi connectivity index (χ3n) is 2.50. The lowest BCUT2D eigenvalue weighted by molar-refractivity contribution is 0.303. The molecule has 90 valence electrons. The van der Waals surface area contributed by atoms with Gasteiger partial charge in [0.1, 0.15) is 24.1 Å². The molecule has 1 heterocycles. The summed E-state index contributed by atoms with van der Waals surface area (Å²) in [6, 6.07) is 13.5. The molecule has 0 aliphatic rings. The highest BCUT2D eigenvalue weighted by Gasteiger charge is 2.05. The second kappa shape index (κ2) is 6.18. The van der Waals surface area contributed by atoms with Gasteiger partial charge in [0.2, 0.25) is 0 Å². The number of benzene rings is 1. The molecule has 0 saturated carbocycles. The summed E-state index contributed by atoms with van der Waals surface area (Å²) in [6.07, 6.45) is 1.61. The third-order valence-corrected chi connectivity index (χ3v) is 3.10. The topological polar surface area (TPSA) is 45.9 Å². The molecule has 2 aromatic rings. The lowest BCUT2D eigenvalue weighted by atomic mass is 10.2. The quantitative estimate of drug-likeness (QED) is 0.813. The second-order valence-corrected chi connectivity index (χ2v) is 4.21. The largest absolute Gasteiger partial charge is 0.488 e. The van der Waals surface area contributed by atoms with E-state index in [2.05, 4.69) is 27.0 Å². The average molecular weight is 303 g/mol. The first-order valence-corrected chi connectivity index (χ1v) is 6.58. The Labute approximate surface area is 114 Å². The van der Waals surface area contributed by atoms with Crippen LogP contribution in [-0.4, -0.2) is 4.98 Å². The number of hydrogen-bond donors (Lipinski definition) is 0. The van der Waals surface area contributed by atoms with Crippen molar-refractivity contribution < 1.29 is 4.74 Å². The SMILES string of the molecule is N#Cc1ncccc1COc1ccccc1CBr. The summed E-state index contributed by atoms with van der Waals surface area (Å²) in [5.41, 5.74) is 2.29. The van der Waals surface area contributed by atoms with Crippen LogP contribution in [0.5, 0.6) is 5.75 Å². The van der Waals surface area contributed by atoms with Gasteiger partial charge in [-0.3, -0.25) is 0 Å². The molecule has 0 saturated heterocycles. The van der Waals surface area contributed by atoms with Crippen LogP contribution in [0.2, 0.25) is 0 Å². The van der Waals surface area contributed by atoms with Gasteiger partial charge in [0.05, 0.1) is 0 Å². The molecule has 1 aromatic heterocycles. The average Bonchev–Trinajstić information content (AvgIpc) is 2.45. The monoisotopic (exact) mass is 302 g/mol. The van der Waals surface area contributed by atoms with Crippen molar-refractivity contribution in [2.24, 2.45) is 0 Å². The minimum absolute atomic E-state index is 0.348. The van der Waals surface area contributed by atoms with Gasteiger partial charge in [-0.05, 0) is 12.1 Å². The van der Waals surface area contributed by atoms with E-state index in [4.69, 9.17) is 10.00 Å². The maximum Gasteiger partial charge on any atom is 0.147 e. The summed E-state index contributed by atoms with van der Waals surface area (Å²) < 4.78 is 5.74. The molecule has 0 unspecified atom stereocenters. The number of nitriles is 1. The van der Waals surface area contributed by atoms with E-state index in [9.17, 15) is 0 Å². The molecule has 4 heteroatoms. The molecule has 0 N–H and O–H groups in total. The first-order valence-electron chi connectivity index (χ1n) is 5.46. The Kier molecular flexibility index (Phi) is 4.32. The molecular formula is C14H11BrN2O. The molecule has 0 spiro atoms. The fourth-order valence-corrected chi connectivity index (χ4v) is 2.03. The Balaban J connectivity index is 2.14. The number of aromatic nitrogens is 1. The summed E-state index contributed by atoms with van der Waals surface area (Å²) in [5, 5.41) is 9.68. The van der Waals surface area contributed by atoms with Crippen molar-refractivity contribution in [2.75, 3.05) is 0 Å². The highest BCUT2D eigenvalue weighted by Crippen LogP contribution is 2.21. The molecule has 0 amide bonds. The lowest BCUT2D eigenvalue weighted by Gasteiger charge is -2.10. The minimum Gasteiger partial charge on any atom is -0.488 e. The van der Waals surface area contributed by atoms with Gasteiger partial charge < -0.3 is 4.74 Å². The van der Waals surface area contributed by atoms with Gasteiger partial charge in [0, 0.05) is 22.7 Å². The van der Waals surface area contributed by atoms with E-state index in [0.29, 0.717) is 12.3 Å².